The van der Waals surface area contributed by atoms with Gasteiger partial charge in [0.2, 0.25) is 10.0 Å². The number of hydrogen-bond donors (Lipinski definition) is 1. The number of nitrogens with zero attached hydrogens (tertiary/aromatic N) is 1. The fourth-order valence-electron chi connectivity index (χ4n) is 2.93. The minimum absolute atomic E-state index is 0.0772. The Kier molecular flexibility index (Phi) is 5.20. The Hall–Kier alpha value is -2.18. The summed E-state index contributed by atoms with van der Waals surface area (Å²) in [6, 6.07) is 14.0. The van der Waals surface area contributed by atoms with Crippen molar-refractivity contribution in [2.24, 2.45) is 0 Å². The van der Waals surface area contributed by atoms with E-state index >= 15 is 0 Å². The van der Waals surface area contributed by atoms with Gasteiger partial charge in [0.25, 0.3) is 0 Å². The highest BCUT2D eigenvalue weighted by atomic mass is 32.2. The van der Waals surface area contributed by atoms with Gasteiger partial charge in [0.05, 0.1) is 11.4 Å². The Balaban J connectivity index is 1.66. The molecule has 3 rings (SSSR count). The lowest BCUT2D eigenvalue weighted by Crippen LogP contribution is -2.27. The van der Waals surface area contributed by atoms with E-state index < -0.39 is 10.0 Å². The van der Waals surface area contributed by atoms with Crippen LogP contribution in [0.2, 0.25) is 0 Å². The number of benzene rings is 2. The van der Waals surface area contributed by atoms with Gasteiger partial charge in [-0.15, -0.1) is 0 Å². The smallest absolute Gasteiger partial charge is 0.243 e. The molecule has 1 N–H and O–H groups in total. The first-order valence-electron chi connectivity index (χ1n) is 8.41. The molecule has 0 bridgehead atoms. The van der Waals surface area contributed by atoms with Crippen LogP contribution in [0.4, 0.5) is 5.69 Å². The lowest BCUT2D eigenvalue weighted by molar-refractivity contribution is 0.101. The minimum atomic E-state index is -3.43. The second-order valence-corrected chi connectivity index (χ2v) is 8.22. The fourth-order valence-corrected chi connectivity index (χ4v) is 4.45. The molecule has 5 nitrogen and oxygen atoms in total. The number of anilines is 1. The molecule has 0 aliphatic carbocycles. The highest BCUT2D eigenvalue weighted by molar-refractivity contribution is 7.89. The zero-order chi connectivity index (χ0) is 17.9. The van der Waals surface area contributed by atoms with Crippen molar-refractivity contribution < 1.29 is 13.2 Å². The van der Waals surface area contributed by atoms with E-state index in [2.05, 4.69) is 5.32 Å². The molecule has 132 valence electrons. The average Bonchev–Trinajstić information content (AvgIpc) is 3.15. The van der Waals surface area contributed by atoms with Crippen molar-refractivity contribution in [2.75, 3.05) is 25.0 Å². The first kappa shape index (κ1) is 17.6. The van der Waals surface area contributed by atoms with Gasteiger partial charge in [0.1, 0.15) is 0 Å². The van der Waals surface area contributed by atoms with Gasteiger partial charge in [0, 0.05) is 24.3 Å². The molecule has 0 unspecified atom stereocenters. The van der Waals surface area contributed by atoms with Gasteiger partial charge in [-0.3, -0.25) is 4.79 Å². The number of carbonyl (C=O) groups is 1. The van der Waals surface area contributed by atoms with Crippen LogP contribution >= 0.6 is 0 Å². The summed E-state index contributed by atoms with van der Waals surface area (Å²) in [6.45, 7) is 3.31. The van der Waals surface area contributed by atoms with E-state index in [1.807, 2.05) is 31.2 Å². The highest BCUT2D eigenvalue weighted by Crippen LogP contribution is 2.21. The Morgan fingerprint density at radius 3 is 2.40 bits per heavy atom. The van der Waals surface area contributed by atoms with Crippen molar-refractivity contribution in [3.63, 3.8) is 0 Å². The number of Topliss-reactive ketones (excluding diaryl/α,β-unsaturated/α-hetero) is 1. The third-order valence-electron chi connectivity index (χ3n) is 4.35. The number of hydrogen-bond acceptors (Lipinski definition) is 4. The number of sulfonamides is 1. The maximum absolute atomic E-state index is 12.5. The fraction of sp³-hybridized carbons (Fsp3) is 0.316. The maximum Gasteiger partial charge on any atom is 0.243 e. The molecule has 0 saturated carbocycles. The summed E-state index contributed by atoms with van der Waals surface area (Å²) in [5, 5.41) is 3.10. The molecule has 1 fully saturated rings. The van der Waals surface area contributed by atoms with Crippen LogP contribution < -0.4 is 5.32 Å². The van der Waals surface area contributed by atoms with Crippen LogP contribution in [0.3, 0.4) is 0 Å². The Morgan fingerprint density at radius 1 is 1.08 bits per heavy atom. The molecule has 0 aromatic heterocycles. The van der Waals surface area contributed by atoms with Crippen molar-refractivity contribution in [3.05, 3.63) is 59.7 Å². The van der Waals surface area contributed by atoms with E-state index in [4.69, 9.17) is 0 Å². The number of nitrogens with one attached hydrogen (secondary N) is 1. The van der Waals surface area contributed by atoms with E-state index in [1.165, 1.54) is 16.4 Å². The van der Waals surface area contributed by atoms with Crippen LogP contribution in [0.15, 0.2) is 53.4 Å². The second-order valence-electron chi connectivity index (χ2n) is 6.28. The first-order valence-corrected chi connectivity index (χ1v) is 9.85. The van der Waals surface area contributed by atoms with E-state index in [0.717, 1.165) is 24.1 Å². The first-order chi connectivity index (χ1) is 12.0. The van der Waals surface area contributed by atoms with Crippen LogP contribution in [-0.2, 0) is 10.0 Å². The summed E-state index contributed by atoms with van der Waals surface area (Å²) in [7, 11) is -3.43. The Morgan fingerprint density at radius 2 is 1.76 bits per heavy atom. The normalized spacial score (nSPS) is 15.2. The van der Waals surface area contributed by atoms with Crippen LogP contribution in [-0.4, -0.2) is 38.1 Å². The van der Waals surface area contributed by atoms with E-state index in [1.54, 1.807) is 12.1 Å². The summed E-state index contributed by atoms with van der Waals surface area (Å²) in [5.41, 5.74) is 2.51. The van der Waals surface area contributed by atoms with Gasteiger partial charge in [-0.1, -0.05) is 12.1 Å². The van der Waals surface area contributed by atoms with Gasteiger partial charge < -0.3 is 5.32 Å². The molecule has 25 heavy (non-hydrogen) atoms. The SMILES string of the molecule is Cc1cccc(NCC(=O)c2ccc(S(=O)(=O)N3CCCC3)cc2)c1. The van der Waals surface area contributed by atoms with Crippen molar-refractivity contribution >= 4 is 21.5 Å². The molecule has 0 spiro atoms. The van der Waals surface area contributed by atoms with Crippen LogP contribution in [0, 0.1) is 6.92 Å². The molecule has 2 aromatic rings. The summed E-state index contributed by atoms with van der Waals surface area (Å²) < 4.78 is 26.5. The summed E-state index contributed by atoms with van der Waals surface area (Å²) >= 11 is 0. The molecular weight excluding hydrogens is 336 g/mol. The molecule has 0 amide bonds. The van der Waals surface area contributed by atoms with Gasteiger partial charge >= 0.3 is 0 Å². The summed E-state index contributed by atoms with van der Waals surface area (Å²) in [5.74, 6) is -0.0772. The quantitative estimate of drug-likeness (QED) is 0.806. The molecule has 0 atom stereocenters. The van der Waals surface area contributed by atoms with E-state index in [-0.39, 0.29) is 17.2 Å². The summed E-state index contributed by atoms with van der Waals surface area (Å²) in [4.78, 5) is 12.5. The Labute approximate surface area is 148 Å². The average molecular weight is 358 g/mol. The summed E-state index contributed by atoms with van der Waals surface area (Å²) in [6.07, 6.45) is 1.81. The molecular formula is C19H22N2O3S. The molecule has 1 aliphatic heterocycles. The van der Waals surface area contributed by atoms with Crippen LogP contribution in [0.5, 0.6) is 0 Å². The molecule has 2 aromatic carbocycles. The molecule has 6 heteroatoms. The zero-order valence-electron chi connectivity index (χ0n) is 14.2. The molecule has 1 aliphatic rings. The number of rotatable bonds is 6. The lowest BCUT2D eigenvalue weighted by Gasteiger charge is -2.15. The van der Waals surface area contributed by atoms with Crippen molar-refractivity contribution in [1.29, 1.82) is 0 Å². The zero-order valence-corrected chi connectivity index (χ0v) is 15.1. The van der Waals surface area contributed by atoms with Gasteiger partial charge in [0.15, 0.2) is 5.78 Å². The Bertz CT molecular complexity index is 854. The van der Waals surface area contributed by atoms with E-state index in [9.17, 15) is 13.2 Å². The predicted molar refractivity (Wildman–Crippen MR) is 98.4 cm³/mol. The topological polar surface area (TPSA) is 66.5 Å². The molecule has 0 radical (unpaired) electrons. The predicted octanol–water partition coefficient (Wildman–Crippen LogP) is 3.07. The van der Waals surface area contributed by atoms with Crippen molar-refractivity contribution in [3.8, 4) is 0 Å². The lowest BCUT2D eigenvalue weighted by atomic mass is 10.1. The van der Waals surface area contributed by atoms with Gasteiger partial charge in [-0.2, -0.15) is 4.31 Å². The molecule has 1 heterocycles. The number of ketones is 1. The van der Waals surface area contributed by atoms with Crippen molar-refractivity contribution in [1.82, 2.24) is 4.31 Å². The standard InChI is InChI=1S/C19H22N2O3S/c1-15-5-4-6-17(13-15)20-14-19(22)16-7-9-18(10-8-16)25(23,24)21-11-2-3-12-21/h4-10,13,20H,2-3,11-12,14H2,1H3. The van der Waals surface area contributed by atoms with Crippen molar-refractivity contribution in [2.45, 2.75) is 24.7 Å². The third-order valence-corrected chi connectivity index (χ3v) is 6.26. The van der Waals surface area contributed by atoms with Crippen LogP contribution in [0.1, 0.15) is 28.8 Å². The van der Waals surface area contributed by atoms with Gasteiger partial charge in [-0.05, 0) is 61.7 Å². The minimum Gasteiger partial charge on any atom is -0.378 e. The monoisotopic (exact) mass is 358 g/mol. The highest BCUT2D eigenvalue weighted by Gasteiger charge is 2.27. The maximum atomic E-state index is 12.5. The van der Waals surface area contributed by atoms with Crippen LogP contribution in [0.25, 0.3) is 0 Å². The third kappa shape index (κ3) is 4.08. The number of aryl methyl sites for hydroxylation is 1. The van der Waals surface area contributed by atoms with E-state index in [0.29, 0.717) is 18.7 Å². The second kappa shape index (κ2) is 7.37. The van der Waals surface area contributed by atoms with Gasteiger partial charge in [-0.25, -0.2) is 8.42 Å². The number of carbonyl (C=O) groups excluding carboxylic acids is 1. The largest absolute Gasteiger partial charge is 0.378 e. The molecule has 1 saturated heterocycles.